The van der Waals surface area contributed by atoms with E-state index in [1.165, 1.54) is 14.2 Å². The van der Waals surface area contributed by atoms with Gasteiger partial charge in [0.15, 0.2) is 0 Å². The van der Waals surface area contributed by atoms with Gasteiger partial charge in [0.2, 0.25) is 0 Å². The highest BCUT2D eigenvalue weighted by atomic mass is 35.5. The van der Waals surface area contributed by atoms with Crippen molar-refractivity contribution in [2.24, 2.45) is 0 Å². The summed E-state index contributed by atoms with van der Waals surface area (Å²) in [6, 6.07) is 8.45. The average molecular weight is 524 g/mol. The summed E-state index contributed by atoms with van der Waals surface area (Å²) in [6.07, 6.45) is 0. The predicted molar refractivity (Wildman–Crippen MR) is 131 cm³/mol. The van der Waals surface area contributed by atoms with E-state index < -0.39 is 17.9 Å². The molecule has 35 heavy (non-hydrogen) atoms. The van der Waals surface area contributed by atoms with Gasteiger partial charge in [-0.1, -0.05) is 23.2 Å². The van der Waals surface area contributed by atoms with Crippen LogP contribution in [0.1, 0.15) is 25.5 Å². The number of hydrogen-bond donors (Lipinski definition) is 1. The number of hydrogen-bond acceptors (Lipinski definition) is 8. The van der Waals surface area contributed by atoms with E-state index in [-0.39, 0.29) is 37.6 Å². The fourth-order valence-corrected chi connectivity index (χ4v) is 4.25. The third-order valence-electron chi connectivity index (χ3n) is 5.35. The lowest BCUT2D eigenvalue weighted by atomic mass is 9.83. The lowest BCUT2D eigenvalue weighted by molar-refractivity contribution is -0.141. The molecule has 1 aliphatic heterocycles. The van der Waals surface area contributed by atoms with Crippen molar-refractivity contribution < 1.29 is 33.0 Å². The largest absolute Gasteiger partial charge is 0.460 e. The Labute approximate surface area is 213 Å². The zero-order valence-electron chi connectivity index (χ0n) is 19.9. The fraction of sp³-hybridized carbons (Fsp3) is 0.360. The van der Waals surface area contributed by atoms with Crippen molar-refractivity contribution >= 4 is 35.1 Å². The number of dihydropyridines is 1. The molecule has 0 saturated heterocycles. The second kappa shape index (κ2) is 12.3. The molecule has 0 atom stereocenters. The van der Waals surface area contributed by atoms with Crippen LogP contribution in [0.5, 0.6) is 0 Å². The number of ether oxygens (including phenoxy) is 4. The molecule has 2 heterocycles. The molecule has 1 aromatic heterocycles. The molecular formula is C25H27Cl2NO7. The Bertz CT molecular complexity index is 1110. The molecule has 8 nitrogen and oxygen atoms in total. The molecule has 2 aromatic rings. The summed E-state index contributed by atoms with van der Waals surface area (Å²) in [5.41, 5.74) is 2.14. The lowest BCUT2D eigenvalue weighted by Gasteiger charge is -2.29. The quantitative estimate of drug-likeness (QED) is 0.348. The molecule has 0 radical (unpaired) electrons. The number of esters is 2. The van der Waals surface area contributed by atoms with E-state index >= 15 is 0 Å². The topological polar surface area (TPSA) is 96.2 Å². The highest BCUT2D eigenvalue weighted by Crippen LogP contribution is 2.42. The first-order chi connectivity index (χ1) is 16.8. The van der Waals surface area contributed by atoms with Gasteiger partial charge in [0.05, 0.1) is 35.3 Å². The maximum Gasteiger partial charge on any atom is 0.336 e. The van der Waals surface area contributed by atoms with Gasteiger partial charge < -0.3 is 28.7 Å². The molecule has 10 heteroatoms. The van der Waals surface area contributed by atoms with Gasteiger partial charge in [0.1, 0.15) is 24.7 Å². The minimum atomic E-state index is -0.874. The van der Waals surface area contributed by atoms with Gasteiger partial charge in [-0.3, -0.25) is 0 Å². The van der Waals surface area contributed by atoms with Crippen LogP contribution < -0.4 is 5.32 Å². The Morgan fingerprint density at radius 2 is 1.46 bits per heavy atom. The number of methoxy groups -OCH3 is 2. The van der Waals surface area contributed by atoms with Crippen LogP contribution in [0.3, 0.4) is 0 Å². The van der Waals surface area contributed by atoms with E-state index in [9.17, 15) is 9.59 Å². The van der Waals surface area contributed by atoms with Crippen molar-refractivity contribution in [2.45, 2.75) is 19.8 Å². The second-order valence-electron chi connectivity index (χ2n) is 7.72. The van der Waals surface area contributed by atoms with Crippen molar-refractivity contribution in [3.8, 4) is 11.3 Å². The van der Waals surface area contributed by atoms with Crippen LogP contribution in [0.4, 0.5) is 0 Å². The predicted octanol–water partition coefficient (Wildman–Crippen LogP) is 4.87. The van der Waals surface area contributed by atoms with E-state index in [2.05, 4.69) is 5.32 Å². The first-order valence-electron chi connectivity index (χ1n) is 10.8. The fourth-order valence-electron chi connectivity index (χ4n) is 3.75. The number of carbonyl (C=O) groups is 2. The van der Waals surface area contributed by atoms with E-state index in [0.29, 0.717) is 38.5 Å². The van der Waals surface area contributed by atoms with E-state index in [1.54, 1.807) is 44.2 Å². The van der Waals surface area contributed by atoms with E-state index in [1.807, 2.05) is 0 Å². The third kappa shape index (κ3) is 6.27. The Balaban J connectivity index is 2.05. The molecule has 0 amide bonds. The number of carbonyl (C=O) groups excluding carboxylic acids is 2. The average Bonchev–Trinajstić information content (AvgIpc) is 3.28. The summed E-state index contributed by atoms with van der Waals surface area (Å²) < 4.78 is 26.9. The molecule has 1 aromatic carbocycles. The standard InChI is InChI=1S/C25H27Cl2NO7/c1-14-21(24(29)33-11-9-31-3)23(22(15(2)28-14)25(30)34-12-10-32-4)20-8-7-19(35-20)17-6-5-16(26)13-18(17)27/h5-8,13,23,28H,9-12H2,1-4H3. The summed E-state index contributed by atoms with van der Waals surface area (Å²) in [6.45, 7) is 4.04. The van der Waals surface area contributed by atoms with Crippen molar-refractivity contribution in [3.05, 3.63) is 68.7 Å². The van der Waals surface area contributed by atoms with Crippen LogP contribution in [0.25, 0.3) is 11.3 Å². The number of halogens is 2. The van der Waals surface area contributed by atoms with Crippen LogP contribution in [-0.2, 0) is 28.5 Å². The van der Waals surface area contributed by atoms with Gasteiger partial charge in [-0.25, -0.2) is 9.59 Å². The number of allylic oxidation sites excluding steroid dienone is 2. The van der Waals surface area contributed by atoms with Crippen molar-refractivity contribution in [1.82, 2.24) is 5.32 Å². The van der Waals surface area contributed by atoms with Crippen LogP contribution in [0.2, 0.25) is 10.0 Å². The van der Waals surface area contributed by atoms with Crippen LogP contribution in [-0.4, -0.2) is 52.6 Å². The van der Waals surface area contributed by atoms with Gasteiger partial charge in [-0.2, -0.15) is 0 Å². The first kappa shape index (κ1) is 26.8. The molecular weight excluding hydrogens is 497 g/mol. The number of benzene rings is 1. The lowest BCUT2D eigenvalue weighted by Crippen LogP contribution is -2.33. The summed E-state index contributed by atoms with van der Waals surface area (Å²) >= 11 is 12.4. The molecule has 0 spiro atoms. The SMILES string of the molecule is COCCOC(=O)C1=C(C)NC(C)=C(C(=O)OCCOC)C1c1ccc(-c2ccc(Cl)cc2Cl)o1. The Kier molecular flexibility index (Phi) is 9.40. The maximum absolute atomic E-state index is 13.1. The molecule has 0 bridgehead atoms. The summed E-state index contributed by atoms with van der Waals surface area (Å²) in [5.74, 6) is -1.28. The normalized spacial score (nSPS) is 14.2. The van der Waals surface area contributed by atoms with Gasteiger partial charge in [-0.15, -0.1) is 0 Å². The van der Waals surface area contributed by atoms with Crippen molar-refractivity contribution in [1.29, 1.82) is 0 Å². The van der Waals surface area contributed by atoms with E-state index in [0.717, 1.165) is 0 Å². The van der Waals surface area contributed by atoms with Crippen molar-refractivity contribution in [3.63, 3.8) is 0 Å². The smallest absolute Gasteiger partial charge is 0.336 e. The Morgan fingerprint density at radius 3 is 1.97 bits per heavy atom. The molecule has 0 unspecified atom stereocenters. The van der Waals surface area contributed by atoms with Crippen LogP contribution >= 0.6 is 23.2 Å². The number of nitrogens with one attached hydrogen (secondary N) is 1. The van der Waals surface area contributed by atoms with E-state index in [4.69, 9.17) is 46.6 Å². The molecule has 0 aliphatic carbocycles. The Hall–Kier alpha value is -2.78. The number of rotatable bonds is 10. The van der Waals surface area contributed by atoms with Crippen LogP contribution in [0.15, 0.2) is 57.3 Å². The highest BCUT2D eigenvalue weighted by molar-refractivity contribution is 6.36. The molecule has 1 aliphatic rings. The third-order valence-corrected chi connectivity index (χ3v) is 5.90. The second-order valence-corrected chi connectivity index (χ2v) is 8.56. The van der Waals surface area contributed by atoms with Gasteiger partial charge in [-0.05, 0) is 44.2 Å². The Morgan fingerprint density at radius 1 is 0.886 bits per heavy atom. The minimum absolute atomic E-state index is 0.0545. The molecule has 0 saturated carbocycles. The van der Waals surface area contributed by atoms with Crippen molar-refractivity contribution in [2.75, 3.05) is 40.6 Å². The maximum atomic E-state index is 13.1. The number of furan rings is 1. The highest BCUT2D eigenvalue weighted by Gasteiger charge is 2.40. The monoisotopic (exact) mass is 523 g/mol. The zero-order chi connectivity index (χ0) is 25.5. The summed E-state index contributed by atoms with van der Waals surface area (Å²) in [5, 5.41) is 3.99. The zero-order valence-corrected chi connectivity index (χ0v) is 21.4. The van der Waals surface area contributed by atoms with Gasteiger partial charge >= 0.3 is 11.9 Å². The van der Waals surface area contributed by atoms with Gasteiger partial charge in [0, 0.05) is 36.2 Å². The minimum Gasteiger partial charge on any atom is -0.460 e. The molecule has 1 N–H and O–H groups in total. The van der Waals surface area contributed by atoms with Gasteiger partial charge in [0.25, 0.3) is 0 Å². The van der Waals surface area contributed by atoms with Crippen LogP contribution in [0, 0.1) is 0 Å². The molecule has 0 fully saturated rings. The first-order valence-corrected chi connectivity index (χ1v) is 11.6. The summed E-state index contributed by atoms with van der Waals surface area (Å²) in [7, 11) is 3.02. The molecule has 188 valence electrons. The molecule has 3 rings (SSSR count). The summed E-state index contributed by atoms with van der Waals surface area (Å²) in [4.78, 5) is 26.2.